The molecule has 0 radical (unpaired) electrons. The number of aromatic nitrogens is 2. The zero-order chi connectivity index (χ0) is 14.0. The first-order valence-corrected chi connectivity index (χ1v) is 5.41. The summed E-state index contributed by atoms with van der Waals surface area (Å²) in [6, 6.07) is 6.05. The summed E-state index contributed by atoms with van der Waals surface area (Å²) in [6.45, 7) is 0. The van der Waals surface area contributed by atoms with E-state index in [-0.39, 0.29) is 5.82 Å². The highest BCUT2D eigenvalue weighted by Crippen LogP contribution is 2.27. The highest BCUT2D eigenvalue weighted by atomic mass is 16.5. The van der Waals surface area contributed by atoms with Crippen LogP contribution in [0.2, 0.25) is 0 Å². The Kier molecular flexibility index (Phi) is 3.28. The van der Waals surface area contributed by atoms with Gasteiger partial charge in [0.15, 0.2) is 0 Å². The Morgan fingerprint density at radius 2 is 1.89 bits per heavy atom. The molecule has 2 rings (SSSR count). The predicted molar refractivity (Wildman–Crippen MR) is 70.2 cm³/mol. The van der Waals surface area contributed by atoms with E-state index in [0.29, 0.717) is 17.2 Å². The molecule has 0 amide bonds. The number of H-pyrrole nitrogens is 1. The van der Waals surface area contributed by atoms with Crippen molar-refractivity contribution >= 4 is 5.82 Å². The van der Waals surface area contributed by atoms with E-state index in [0.717, 1.165) is 10.6 Å². The first kappa shape index (κ1) is 12.7. The predicted octanol–water partition coefficient (Wildman–Crippen LogP) is 0.125. The molecule has 0 aliphatic rings. The van der Waals surface area contributed by atoms with Gasteiger partial charge in [-0.1, -0.05) is 0 Å². The van der Waals surface area contributed by atoms with Crippen LogP contribution in [0.5, 0.6) is 11.5 Å². The summed E-state index contributed by atoms with van der Waals surface area (Å²) in [5, 5.41) is 0. The van der Waals surface area contributed by atoms with Crippen molar-refractivity contribution in [3.63, 3.8) is 0 Å². The number of nitrogen functional groups attached to an aromatic ring is 1. The highest BCUT2D eigenvalue weighted by Gasteiger charge is 2.12. The normalized spacial score (nSPS) is 10.2. The van der Waals surface area contributed by atoms with Gasteiger partial charge in [0.25, 0.3) is 5.56 Å². The smallest absolute Gasteiger partial charge is 0.334 e. The monoisotopic (exact) mass is 263 g/mol. The van der Waals surface area contributed by atoms with Gasteiger partial charge < -0.3 is 15.2 Å². The van der Waals surface area contributed by atoms with Gasteiger partial charge in [-0.15, -0.1) is 0 Å². The molecule has 0 atom stereocenters. The van der Waals surface area contributed by atoms with Gasteiger partial charge in [0.05, 0.1) is 19.9 Å². The van der Waals surface area contributed by atoms with Crippen molar-refractivity contribution in [2.45, 2.75) is 0 Å². The molecular weight excluding hydrogens is 250 g/mol. The number of nitrogens with two attached hydrogens (primary N) is 1. The molecule has 7 nitrogen and oxygen atoms in total. The van der Waals surface area contributed by atoms with Crippen LogP contribution in [0.15, 0.2) is 33.9 Å². The summed E-state index contributed by atoms with van der Waals surface area (Å²) < 4.78 is 11.4. The van der Waals surface area contributed by atoms with Gasteiger partial charge in [0.1, 0.15) is 17.3 Å². The molecule has 100 valence electrons. The summed E-state index contributed by atoms with van der Waals surface area (Å²) in [5.41, 5.74) is 4.91. The maximum Gasteiger partial charge on any atom is 0.334 e. The van der Waals surface area contributed by atoms with Crippen molar-refractivity contribution in [2.75, 3.05) is 20.0 Å². The molecule has 0 spiro atoms. The van der Waals surface area contributed by atoms with Gasteiger partial charge in [0, 0.05) is 12.1 Å². The number of benzene rings is 1. The molecule has 0 saturated heterocycles. The lowest BCUT2D eigenvalue weighted by atomic mass is 10.2. The lowest BCUT2D eigenvalue weighted by molar-refractivity contribution is 0.401. The van der Waals surface area contributed by atoms with Crippen molar-refractivity contribution in [1.29, 1.82) is 0 Å². The SMILES string of the molecule is COc1ccc(OC)c(-n2c(N)cc(=O)[nH]c2=O)c1. The number of aromatic amines is 1. The maximum absolute atomic E-state index is 11.9. The summed E-state index contributed by atoms with van der Waals surface area (Å²) in [7, 11) is 2.98. The topological polar surface area (TPSA) is 99.3 Å². The van der Waals surface area contributed by atoms with Crippen LogP contribution < -0.4 is 26.5 Å². The minimum atomic E-state index is -0.642. The Hall–Kier alpha value is -2.70. The molecule has 3 N–H and O–H groups in total. The van der Waals surface area contributed by atoms with Crippen LogP contribution in [-0.4, -0.2) is 23.8 Å². The molecule has 2 aromatic rings. The van der Waals surface area contributed by atoms with Crippen LogP contribution in [0.4, 0.5) is 5.82 Å². The minimum absolute atomic E-state index is 0.0142. The van der Waals surface area contributed by atoms with Gasteiger partial charge in [0.2, 0.25) is 0 Å². The second kappa shape index (κ2) is 4.89. The van der Waals surface area contributed by atoms with E-state index >= 15 is 0 Å². The zero-order valence-electron chi connectivity index (χ0n) is 10.5. The molecule has 0 unspecified atom stereocenters. The number of hydrogen-bond acceptors (Lipinski definition) is 5. The molecule has 1 aromatic carbocycles. The van der Waals surface area contributed by atoms with Crippen LogP contribution in [0.25, 0.3) is 5.69 Å². The van der Waals surface area contributed by atoms with Gasteiger partial charge in [-0.3, -0.25) is 9.78 Å². The van der Waals surface area contributed by atoms with Crippen molar-refractivity contribution in [1.82, 2.24) is 9.55 Å². The summed E-state index contributed by atoms with van der Waals surface area (Å²) >= 11 is 0. The quantitative estimate of drug-likeness (QED) is 0.819. The van der Waals surface area contributed by atoms with E-state index in [4.69, 9.17) is 15.2 Å². The van der Waals surface area contributed by atoms with E-state index in [9.17, 15) is 9.59 Å². The molecule has 0 aliphatic carbocycles. The van der Waals surface area contributed by atoms with Gasteiger partial charge >= 0.3 is 5.69 Å². The first-order chi connectivity index (χ1) is 9.06. The van der Waals surface area contributed by atoms with Gasteiger partial charge in [-0.25, -0.2) is 9.36 Å². The molecule has 1 heterocycles. The second-order valence-corrected chi connectivity index (χ2v) is 3.74. The van der Waals surface area contributed by atoms with Gasteiger partial charge in [-0.05, 0) is 12.1 Å². The van der Waals surface area contributed by atoms with Crippen LogP contribution in [0.1, 0.15) is 0 Å². The van der Waals surface area contributed by atoms with E-state index in [1.54, 1.807) is 18.2 Å². The average molecular weight is 263 g/mol. The van der Waals surface area contributed by atoms with E-state index in [1.807, 2.05) is 0 Å². The fourth-order valence-corrected chi connectivity index (χ4v) is 1.73. The maximum atomic E-state index is 11.9. The molecule has 0 saturated carbocycles. The van der Waals surface area contributed by atoms with E-state index in [1.165, 1.54) is 14.2 Å². The third kappa shape index (κ3) is 2.30. The van der Waals surface area contributed by atoms with Crippen LogP contribution in [0, 0.1) is 0 Å². The van der Waals surface area contributed by atoms with E-state index in [2.05, 4.69) is 4.98 Å². The van der Waals surface area contributed by atoms with Crippen LogP contribution in [0.3, 0.4) is 0 Å². The second-order valence-electron chi connectivity index (χ2n) is 3.74. The molecular formula is C12H13N3O4. The molecule has 0 bridgehead atoms. The standard InChI is InChI=1S/C12H13N3O4/c1-18-7-3-4-9(19-2)8(5-7)15-10(13)6-11(16)14-12(15)17/h3-6H,13H2,1-2H3,(H,14,16,17). The first-order valence-electron chi connectivity index (χ1n) is 5.41. The molecule has 19 heavy (non-hydrogen) atoms. The largest absolute Gasteiger partial charge is 0.497 e. The van der Waals surface area contributed by atoms with Crippen molar-refractivity contribution < 1.29 is 9.47 Å². The Labute approximate surface area is 108 Å². The zero-order valence-corrected chi connectivity index (χ0v) is 10.5. The van der Waals surface area contributed by atoms with Crippen molar-refractivity contribution in [3.8, 4) is 17.2 Å². The number of methoxy groups -OCH3 is 2. The number of ether oxygens (including phenoxy) is 2. The lowest BCUT2D eigenvalue weighted by Crippen LogP contribution is -2.30. The number of hydrogen-bond donors (Lipinski definition) is 2. The number of anilines is 1. The fourth-order valence-electron chi connectivity index (χ4n) is 1.73. The van der Waals surface area contributed by atoms with Crippen molar-refractivity contribution in [3.05, 3.63) is 45.1 Å². The Balaban J connectivity index is 2.77. The Bertz CT molecular complexity index is 718. The number of rotatable bonds is 3. The summed E-state index contributed by atoms with van der Waals surface area (Å²) in [5.74, 6) is 0.982. The Morgan fingerprint density at radius 1 is 1.16 bits per heavy atom. The van der Waals surface area contributed by atoms with Gasteiger partial charge in [-0.2, -0.15) is 0 Å². The summed E-state index contributed by atoms with van der Waals surface area (Å²) in [4.78, 5) is 25.2. The molecule has 0 aliphatic heterocycles. The minimum Gasteiger partial charge on any atom is -0.497 e. The molecule has 0 fully saturated rings. The molecule has 7 heteroatoms. The Morgan fingerprint density at radius 3 is 2.47 bits per heavy atom. The fraction of sp³-hybridized carbons (Fsp3) is 0.167. The lowest BCUT2D eigenvalue weighted by Gasteiger charge is -2.13. The third-order valence-corrected chi connectivity index (χ3v) is 2.60. The average Bonchev–Trinajstić information content (AvgIpc) is 2.37. The summed E-state index contributed by atoms with van der Waals surface area (Å²) in [6.07, 6.45) is 0. The van der Waals surface area contributed by atoms with Crippen molar-refractivity contribution in [2.24, 2.45) is 0 Å². The van der Waals surface area contributed by atoms with Crippen LogP contribution >= 0.6 is 0 Å². The van der Waals surface area contributed by atoms with Crippen LogP contribution in [-0.2, 0) is 0 Å². The number of nitrogens with one attached hydrogen (secondary N) is 1. The van der Waals surface area contributed by atoms with E-state index < -0.39 is 11.2 Å². The third-order valence-electron chi connectivity index (χ3n) is 2.60. The molecule has 1 aromatic heterocycles. The number of nitrogens with zero attached hydrogens (tertiary/aromatic N) is 1. The highest BCUT2D eigenvalue weighted by molar-refractivity contribution is 5.54.